The number of hydrogen-bond donors (Lipinski definition) is 0. The summed E-state index contributed by atoms with van der Waals surface area (Å²) in [4.78, 5) is 18.9. The summed E-state index contributed by atoms with van der Waals surface area (Å²) in [5.74, 6) is -0.0761. The van der Waals surface area contributed by atoms with E-state index >= 15 is 0 Å². The summed E-state index contributed by atoms with van der Waals surface area (Å²) in [7, 11) is 1.72. The Bertz CT molecular complexity index is 652. The largest absolute Gasteiger partial charge is 0.311 e. The topological polar surface area (TPSA) is 57.0 Å². The van der Waals surface area contributed by atoms with Crippen molar-refractivity contribution in [2.24, 2.45) is 0 Å². The quantitative estimate of drug-likeness (QED) is 0.843. The summed E-state index contributed by atoms with van der Waals surface area (Å²) in [6, 6.07) is 8.98. The number of hydrogen-bond acceptors (Lipinski definition) is 4. The maximum absolute atomic E-state index is 12.4. The first-order valence-corrected chi connectivity index (χ1v) is 6.57. The van der Waals surface area contributed by atoms with Crippen LogP contribution in [0.4, 0.5) is 5.69 Å². The van der Waals surface area contributed by atoms with Gasteiger partial charge in [-0.1, -0.05) is 0 Å². The molecule has 0 aliphatic heterocycles. The van der Waals surface area contributed by atoms with Gasteiger partial charge < -0.3 is 4.90 Å². The number of rotatable bonds is 2. The molecule has 19 heavy (non-hydrogen) atoms. The normalized spacial score (nSPS) is 10.0. The van der Waals surface area contributed by atoms with Gasteiger partial charge in [-0.2, -0.15) is 5.26 Å². The molecular weight excluding hydrogens is 258 g/mol. The fourth-order valence-electron chi connectivity index (χ4n) is 1.76. The van der Waals surface area contributed by atoms with Gasteiger partial charge >= 0.3 is 0 Å². The van der Waals surface area contributed by atoms with E-state index in [0.717, 1.165) is 16.4 Å². The van der Waals surface area contributed by atoms with Gasteiger partial charge in [-0.25, -0.2) is 4.98 Å². The highest BCUT2D eigenvalue weighted by Crippen LogP contribution is 2.22. The lowest BCUT2D eigenvalue weighted by Gasteiger charge is -2.16. The van der Waals surface area contributed by atoms with E-state index in [9.17, 15) is 4.79 Å². The molecule has 1 amide bonds. The van der Waals surface area contributed by atoms with E-state index in [1.54, 1.807) is 36.2 Å². The number of amides is 1. The zero-order valence-electron chi connectivity index (χ0n) is 11.0. The molecule has 0 atom stereocenters. The van der Waals surface area contributed by atoms with Crippen molar-refractivity contribution in [2.45, 2.75) is 13.8 Å². The summed E-state index contributed by atoms with van der Waals surface area (Å²) in [5.41, 5.74) is 2.09. The van der Waals surface area contributed by atoms with Crippen LogP contribution in [0.15, 0.2) is 24.3 Å². The summed E-state index contributed by atoms with van der Waals surface area (Å²) in [6.07, 6.45) is 0. The Morgan fingerprint density at radius 1 is 1.32 bits per heavy atom. The van der Waals surface area contributed by atoms with Crippen molar-refractivity contribution in [3.63, 3.8) is 0 Å². The number of nitrogens with zero attached hydrogens (tertiary/aromatic N) is 3. The van der Waals surface area contributed by atoms with Crippen LogP contribution in [0, 0.1) is 25.2 Å². The van der Waals surface area contributed by atoms with Crippen molar-refractivity contribution in [3.8, 4) is 6.07 Å². The Morgan fingerprint density at radius 2 is 1.95 bits per heavy atom. The maximum Gasteiger partial charge on any atom is 0.270 e. The van der Waals surface area contributed by atoms with Crippen LogP contribution in [-0.4, -0.2) is 17.9 Å². The number of benzene rings is 1. The summed E-state index contributed by atoms with van der Waals surface area (Å²) >= 11 is 1.40. The van der Waals surface area contributed by atoms with Crippen LogP contribution in [0.1, 0.15) is 25.9 Å². The molecule has 1 aromatic heterocycles. The molecule has 0 unspecified atom stereocenters. The van der Waals surface area contributed by atoms with Gasteiger partial charge in [0.25, 0.3) is 5.91 Å². The molecule has 0 saturated carbocycles. The van der Waals surface area contributed by atoms with Gasteiger partial charge in [-0.15, -0.1) is 11.3 Å². The SMILES string of the molecule is Cc1nc(C)c(C(=O)N(C)c2ccc(C#N)cc2)s1. The van der Waals surface area contributed by atoms with Gasteiger partial charge in [0.1, 0.15) is 4.88 Å². The summed E-state index contributed by atoms with van der Waals surface area (Å²) in [5, 5.41) is 9.64. The number of nitriles is 1. The molecule has 0 aliphatic rings. The fraction of sp³-hybridized carbons (Fsp3) is 0.214. The Balaban J connectivity index is 2.28. The second-order valence-electron chi connectivity index (χ2n) is 4.17. The number of carbonyl (C=O) groups is 1. The molecule has 96 valence electrons. The van der Waals surface area contributed by atoms with Crippen molar-refractivity contribution in [3.05, 3.63) is 45.4 Å². The van der Waals surface area contributed by atoms with Gasteiger partial charge in [-0.3, -0.25) is 4.79 Å². The number of aryl methyl sites for hydroxylation is 2. The summed E-state index contributed by atoms with van der Waals surface area (Å²) < 4.78 is 0. The minimum Gasteiger partial charge on any atom is -0.311 e. The lowest BCUT2D eigenvalue weighted by molar-refractivity contribution is 0.0996. The van der Waals surface area contributed by atoms with Crippen molar-refractivity contribution < 1.29 is 4.79 Å². The number of aromatic nitrogens is 1. The zero-order valence-corrected chi connectivity index (χ0v) is 11.8. The van der Waals surface area contributed by atoms with E-state index < -0.39 is 0 Å². The van der Waals surface area contributed by atoms with Crippen LogP contribution in [0.2, 0.25) is 0 Å². The van der Waals surface area contributed by atoms with Gasteiger partial charge in [0.15, 0.2) is 0 Å². The highest BCUT2D eigenvalue weighted by atomic mass is 32.1. The van der Waals surface area contributed by atoms with Crippen molar-refractivity contribution >= 4 is 22.9 Å². The maximum atomic E-state index is 12.4. The number of thiazole rings is 1. The van der Waals surface area contributed by atoms with Gasteiger partial charge in [0, 0.05) is 12.7 Å². The number of carbonyl (C=O) groups excluding carboxylic acids is 1. The highest BCUT2D eigenvalue weighted by Gasteiger charge is 2.18. The zero-order chi connectivity index (χ0) is 14.0. The van der Waals surface area contributed by atoms with E-state index in [1.165, 1.54) is 11.3 Å². The lowest BCUT2D eigenvalue weighted by atomic mass is 10.2. The van der Waals surface area contributed by atoms with Crippen molar-refractivity contribution in [1.82, 2.24) is 4.98 Å². The molecule has 2 rings (SSSR count). The van der Waals surface area contributed by atoms with E-state index in [4.69, 9.17) is 5.26 Å². The molecule has 0 bridgehead atoms. The molecular formula is C14H13N3OS. The minimum absolute atomic E-state index is 0.0761. The Labute approximate surface area is 115 Å². The van der Waals surface area contributed by atoms with Gasteiger partial charge in [0.2, 0.25) is 0 Å². The first kappa shape index (κ1) is 13.2. The third-order valence-electron chi connectivity index (χ3n) is 2.79. The third kappa shape index (κ3) is 2.64. The standard InChI is InChI=1S/C14H13N3OS/c1-9-13(19-10(2)16-9)14(18)17(3)12-6-4-11(8-15)5-7-12/h4-7H,1-3H3. The fourth-order valence-corrected chi connectivity index (χ4v) is 2.65. The molecule has 0 N–H and O–H groups in total. The van der Waals surface area contributed by atoms with Gasteiger partial charge in [0.05, 0.1) is 22.3 Å². The molecule has 0 saturated heterocycles. The predicted molar refractivity (Wildman–Crippen MR) is 75.5 cm³/mol. The Hall–Kier alpha value is -2.19. The second-order valence-corrected chi connectivity index (χ2v) is 5.37. The number of anilines is 1. The molecule has 1 heterocycles. The van der Waals surface area contributed by atoms with Crippen LogP contribution in [0.5, 0.6) is 0 Å². The van der Waals surface area contributed by atoms with Crippen LogP contribution in [-0.2, 0) is 0 Å². The van der Waals surface area contributed by atoms with Crippen LogP contribution >= 0.6 is 11.3 Å². The first-order valence-electron chi connectivity index (χ1n) is 5.75. The molecule has 0 fully saturated rings. The Kier molecular flexibility index (Phi) is 3.63. The third-order valence-corrected chi connectivity index (χ3v) is 3.85. The predicted octanol–water partition coefficient (Wildman–Crippen LogP) is 2.91. The monoisotopic (exact) mass is 271 g/mol. The van der Waals surface area contributed by atoms with Crippen LogP contribution in [0.3, 0.4) is 0 Å². The molecule has 0 aliphatic carbocycles. The van der Waals surface area contributed by atoms with Gasteiger partial charge in [-0.05, 0) is 38.1 Å². The molecule has 1 aromatic carbocycles. The van der Waals surface area contributed by atoms with E-state index in [1.807, 2.05) is 13.8 Å². The second kappa shape index (κ2) is 5.21. The minimum atomic E-state index is -0.0761. The van der Waals surface area contributed by atoms with Crippen molar-refractivity contribution in [1.29, 1.82) is 5.26 Å². The van der Waals surface area contributed by atoms with E-state index in [2.05, 4.69) is 11.1 Å². The molecule has 0 radical (unpaired) electrons. The molecule has 4 nitrogen and oxygen atoms in total. The summed E-state index contributed by atoms with van der Waals surface area (Å²) in [6.45, 7) is 3.72. The van der Waals surface area contributed by atoms with E-state index in [-0.39, 0.29) is 5.91 Å². The molecule has 2 aromatic rings. The van der Waals surface area contributed by atoms with Crippen molar-refractivity contribution in [2.75, 3.05) is 11.9 Å². The Morgan fingerprint density at radius 3 is 2.42 bits per heavy atom. The van der Waals surface area contributed by atoms with Crippen LogP contribution in [0.25, 0.3) is 0 Å². The lowest BCUT2D eigenvalue weighted by Crippen LogP contribution is -2.25. The average molecular weight is 271 g/mol. The first-order chi connectivity index (χ1) is 9.02. The smallest absolute Gasteiger partial charge is 0.270 e. The van der Waals surface area contributed by atoms with Crippen LogP contribution < -0.4 is 4.90 Å². The average Bonchev–Trinajstić information content (AvgIpc) is 2.76. The highest BCUT2D eigenvalue weighted by molar-refractivity contribution is 7.13. The molecule has 5 heteroatoms. The van der Waals surface area contributed by atoms with E-state index in [0.29, 0.717) is 10.4 Å². The molecule has 0 spiro atoms.